The molecule has 0 unspecified atom stereocenters. The van der Waals surface area contributed by atoms with Gasteiger partial charge in [-0.3, -0.25) is 0 Å². The van der Waals surface area contributed by atoms with Crippen LogP contribution in [0.2, 0.25) is 0 Å². The van der Waals surface area contributed by atoms with Gasteiger partial charge in [-0.05, 0) is 18.9 Å². The Balaban J connectivity index is 2.22. The zero-order chi connectivity index (χ0) is 10.8. The van der Waals surface area contributed by atoms with Crippen molar-refractivity contribution in [2.75, 3.05) is 18.2 Å². The lowest BCUT2D eigenvalue weighted by Crippen LogP contribution is -2.09. The molecule has 0 aliphatic heterocycles. The van der Waals surface area contributed by atoms with Crippen molar-refractivity contribution in [3.8, 4) is 0 Å². The van der Waals surface area contributed by atoms with Crippen LogP contribution in [0.5, 0.6) is 0 Å². The fourth-order valence-electron chi connectivity index (χ4n) is 1.27. The van der Waals surface area contributed by atoms with E-state index in [0.717, 1.165) is 12.8 Å². The maximum Gasteiger partial charge on any atom is 0.340 e. The minimum atomic E-state index is -0.436. The van der Waals surface area contributed by atoms with Gasteiger partial charge in [0.15, 0.2) is 0 Å². The van der Waals surface area contributed by atoms with E-state index >= 15 is 0 Å². The summed E-state index contributed by atoms with van der Waals surface area (Å²) in [7, 11) is 1.33. The predicted molar refractivity (Wildman–Crippen MR) is 56.6 cm³/mol. The summed E-state index contributed by atoms with van der Waals surface area (Å²) in [5, 5.41) is 3.19. The van der Waals surface area contributed by atoms with E-state index in [0.29, 0.717) is 23.1 Å². The molecule has 0 bridgehead atoms. The average Bonchev–Trinajstić information content (AvgIpc) is 3.04. The molecule has 0 amide bonds. The first-order valence-corrected chi connectivity index (χ1v) is 4.81. The number of nitrogens with two attached hydrogens (primary N) is 1. The van der Waals surface area contributed by atoms with Crippen LogP contribution in [0.1, 0.15) is 23.2 Å². The summed E-state index contributed by atoms with van der Waals surface area (Å²) in [6, 6.07) is 2.12. The summed E-state index contributed by atoms with van der Waals surface area (Å²) in [5.74, 6) is 0.237. The molecule has 2 rings (SSSR count). The number of hydrogen-bond acceptors (Lipinski definition) is 5. The molecule has 0 atom stereocenters. The summed E-state index contributed by atoms with van der Waals surface area (Å²) < 4.78 is 4.62. The van der Waals surface area contributed by atoms with Crippen molar-refractivity contribution in [1.82, 2.24) is 4.98 Å². The van der Waals surface area contributed by atoms with Crippen molar-refractivity contribution >= 4 is 17.5 Å². The number of hydrogen-bond donors (Lipinski definition) is 2. The highest BCUT2D eigenvalue weighted by Gasteiger charge is 2.22. The minimum Gasteiger partial charge on any atom is -0.465 e. The molecule has 1 fully saturated rings. The van der Waals surface area contributed by atoms with Crippen LogP contribution >= 0.6 is 0 Å². The first kappa shape index (κ1) is 9.76. The Morgan fingerprint density at radius 2 is 2.40 bits per heavy atom. The first-order chi connectivity index (χ1) is 7.20. The van der Waals surface area contributed by atoms with E-state index in [1.165, 1.54) is 13.3 Å². The predicted octanol–water partition coefficient (Wildman–Crippen LogP) is 1.02. The third-order valence-electron chi connectivity index (χ3n) is 2.27. The monoisotopic (exact) mass is 207 g/mol. The minimum absolute atomic E-state index is 0.336. The molecule has 5 heteroatoms. The van der Waals surface area contributed by atoms with Gasteiger partial charge in [-0.15, -0.1) is 0 Å². The maximum atomic E-state index is 11.3. The van der Waals surface area contributed by atoms with Gasteiger partial charge in [0.1, 0.15) is 5.82 Å². The van der Waals surface area contributed by atoms with Crippen LogP contribution in [0.15, 0.2) is 12.3 Å². The van der Waals surface area contributed by atoms with Crippen molar-refractivity contribution in [3.05, 3.63) is 17.8 Å². The third-order valence-corrected chi connectivity index (χ3v) is 2.27. The second-order valence-corrected chi connectivity index (χ2v) is 3.57. The summed E-state index contributed by atoms with van der Waals surface area (Å²) >= 11 is 0. The zero-order valence-electron chi connectivity index (χ0n) is 8.49. The molecule has 80 valence electrons. The number of esters is 1. The molecule has 5 nitrogen and oxygen atoms in total. The summed E-state index contributed by atoms with van der Waals surface area (Å²) in [5.41, 5.74) is 6.31. The number of nitrogens with zero attached hydrogens (tertiary/aromatic N) is 1. The molecule has 1 aromatic rings. The summed E-state index contributed by atoms with van der Waals surface area (Å²) in [4.78, 5) is 15.4. The summed E-state index contributed by atoms with van der Waals surface area (Å²) in [6.45, 7) is 0. The third kappa shape index (κ3) is 2.18. The van der Waals surface area contributed by atoms with E-state index in [4.69, 9.17) is 5.73 Å². The Morgan fingerprint density at radius 3 is 3.00 bits per heavy atom. The van der Waals surface area contributed by atoms with Gasteiger partial charge in [0.2, 0.25) is 0 Å². The molecule has 1 aliphatic rings. The van der Waals surface area contributed by atoms with Gasteiger partial charge in [-0.2, -0.15) is 0 Å². The molecule has 1 aliphatic carbocycles. The van der Waals surface area contributed by atoms with Crippen LogP contribution in [0.4, 0.5) is 11.5 Å². The van der Waals surface area contributed by atoms with Gasteiger partial charge < -0.3 is 15.8 Å². The quantitative estimate of drug-likeness (QED) is 0.724. The van der Waals surface area contributed by atoms with Crippen molar-refractivity contribution < 1.29 is 9.53 Å². The highest BCUT2D eigenvalue weighted by Crippen LogP contribution is 2.25. The number of aromatic nitrogens is 1. The van der Waals surface area contributed by atoms with Crippen LogP contribution in [-0.2, 0) is 4.74 Å². The molecule has 1 saturated carbocycles. The number of methoxy groups -OCH3 is 1. The lowest BCUT2D eigenvalue weighted by molar-refractivity contribution is 0.0602. The van der Waals surface area contributed by atoms with Crippen molar-refractivity contribution in [2.45, 2.75) is 18.9 Å². The number of rotatable bonds is 3. The normalized spacial score (nSPS) is 14.7. The van der Waals surface area contributed by atoms with E-state index in [-0.39, 0.29) is 0 Å². The number of ether oxygens (including phenoxy) is 1. The van der Waals surface area contributed by atoms with Gasteiger partial charge in [-0.1, -0.05) is 0 Å². The van der Waals surface area contributed by atoms with Gasteiger partial charge in [0, 0.05) is 6.04 Å². The Labute approximate surface area is 87.6 Å². The van der Waals surface area contributed by atoms with E-state index in [9.17, 15) is 4.79 Å². The van der Waals surface area contributed by atoms with Crippen LogP contribution in [0, 0.1) is 0 Å². The lowest BCUT2D eigenvalue weighted by Gasteiger charge is -2.07. The Bertz CT molecular complexity index is 388. The first-order valence-electron chi connectivity index (χ1n) is 4.81. The second-order valence-electron chi connectivity index (χ2n) is 3.57. The standard InChI is InChI=1S/C10H13N3O2/c1-15-10(14)7-4-9(12-5-8(7)11)13-6-2-3-6/h4-6H,2-3,11H2,1H3,(H,12,13). The van der Waals surface area contributed by atoms with Gasteiger partial charge in [0.05, 0.1) is 24.6 Å². The molecule has 3 N–H and O–H groups in total. The fourth-order valence-corrected chi connectivity index (χ4v) is 1.27. The highest BCUT2D eigenvalue weighted by molar-refractivity contribution is 5.95. The second kappa shape index (κ2) is 3.76. The van der Waals surface area contributed by atoms with E-state index in [2.05, 4.69) is 15.0 Å². The Morgan fingerprint density at radius 1 is 1.67 bits per heavy atom. The molecule has 1 heterocycles. The van der Waals surface area contributed by atoms with Crippen molar-refractivity contribution in [3.63, 3.8) is 0 Å². The smallest absolute Gasteiger partial charge is 0.340 e. The molecule has 1 aromatic heterocycles. The molecule has 0 saturated heterocycles. The molecular formula is C10H13N3O2. The van der Waals surface area contributed by atoms with Crippen molar-refractivity contribution in [1.29, 1.82) is 0 Å². The van der Waals surface area contributed by atoms with Gasteiger partial charge in [-0.25, -0.2) is 9.78 Å². The van der Waals surface area contributed by atoms with Crippen LogP contribution < -0.4 is 11.1 Å². The fraction of sp³-hybridized carbons (Fsp3) is 0.400. The lowest BCUT2D eigenvalue weighted by atomic mass is 10.2. The maximum absolute atomic E-state index is 11.3. The highest BCUT2D eigenvalue weighted by atomic mass is 16.5. The molecule has 15 heavy (non-hydrogen) atoms. The Hall–Kier alpha value is -1.78. The van der Waals surface area contributed by atoms with E-state index in [1.54, 1.807) is 6.07 Å². The molecule has 0 aromatic carbocycles. The number of anilines is 2. The van der Waals surface area contributed by atoms with Crippen LogP contribution in [-0.4, -0.2) is 24.1 Å². The largest absolute Gasteiger partial charge is 0.465 e. The number of carbonyl (C=O) groups is 1. The van der Waals surface area contributed by atoms with Crippen LogP contribution in [0.25, 0.3) is 0 Å². The summed E-state index contributed by atoms with van der Waals surface area (Å²) in [6.07, 6.45) is 3.77. The topological polar surface area (TPSA) is 77.2 Å². The SMILES string of the molecule is COC(=O)c1cc(NC2CC2)ncc1N. The number of nitrogen functional groups attached to an aromatic ring is 1. The Kier molecular flexibility index (Phi) is 2.45. The molecule has 0 radical (unpaired) electrons. The van der Waals surface area contributed by atoms with Crippen LogP contribution in [0.3, 0.4) is 0 Å². The molecular weight excluding hydrogens is 194 g/mol. The number of nitrogens with one attached hydrogen (secondary N) is 1. The number of carbonyl (C=O) groups excluding carboxylic acids is 1. The average molecular weight is 207 g/mol. The zero-order valence-corrected chi connectivity index (χ0v) is 8.49. The number of pyridine rings is 1. The molecule has 0 spiro atoms. The van der Waals surface area contributed by atoms with E-state index < -0.39 is 5.97 Å². The van der Waals surface area contributed by atoms with Gasteiger partial charge >= 0.3 is 5.97 Å². The van der Waals surface area contributed by atoms with Gasteiger partial charge in [0.25, 0.3) is 0 Å². The van der Waals surface area contributed by atoms with Crippen molar-refractivity contribution in [2.24, 2.45) is 0 Å². The van der Waals surface area contributed by atoms with E-state index in [1.807, 2.05) is 0 Å².